The number of nitrogens with one attached hydrogen (secondary N) is 1. The van der Waals surface area contributed by atoms with Crippen molar-refractivity contribution in [3.05, 3.63) is 0 Å². The highest BCUT2D eigenvalue weighted by Gasteiger charge is 2.43. The van der Waals surface area contributed by atoms with Crippen molar-refractivity contribution in [3.63, 3.8) is 0 Å². The lowest BCUT2D eigenvalue weighted by atomic mass is 9.94. The maximum atomic E-state index is 5.71. The van der Waals surface area contributed by atoms with E-state index in [0.29, 0.717) is 11.6 Å². The van der Waals surface area contributed by atoms with E-state index in [2.05, 4.69) is 24.1 Å². The summed E-state index contributed by atoms with van der Waals surface area (Å²) in [7, 11) is 0. The van der Waals surface area contributed by atoms with E-state index in [1.165, 1.54) is 51.9 Å². The minimum absolute atomic E-state index is 0.374. The molecule has 3 unspecified atom stereocenters. The third kappa shape index (κ3) is 2.73. The van der Waals surface area contributed by atoms with Crippen LogP contribution in [-0.2, 0) is 4.74 Å². The summed E-state index contributed by atoms with van der Waals surface area (Å²) in [6, 6.07) is 0. The van der Waals surface area contributed by atoms with E-state index in [1.807, 2.05) is 0 Å². The van der Waals surface area contributed by atoms with Crippen LogP contribution in [0.1, 0.15) is 39.5 Å². The van der Waals surface area contributed by atoms with Crippen LogP contribution in [0.4, 0.5) is 0 Å². The van der Waals surface area contributed by atoms with Gasteiger partial charge in [0.05, 0.1) is 6.10 Å². The molecule has 2 heterocycles. The van der Waals surface area contributed by atoms with E-state index in [4.69, 9.17) is 4.74 Å². The van der Waals surface area contributed by atoms with Crippen LogP contribution in [0.15, 0.2) is 0 Å². The number of ether oxygens (including phenoxy) is 1. The monoisotopic (exact) mass is 252 g/mol. The Morgan fingerprint density at radius 2 is 2.17 bits per heavy atom. The van der Waals surface area contributed by atoms with Crippen molar-refractivity contribution in [3.8, 4) is 0 Å². The Balaban J connectivity index is 1.60. The largest absolute Gasteiger partial charge is 0.378 e. The van der Waals surface area contributed by atoms with Gasteiger partial charge in [0.2, 0.25) is 0 Å². The van der Waals surface area contributed by atoms with E-state index < -0.39 is 0 Å². The van der Waals surface area contributed by atoms with Crippen molar-refractivity contribution in [1.82, 2.24) is 10.2 Å². The lowest BCUT2D eigenvalue weighted by molar-refractivity contribution is 0.0880. The van der Waals surface area contributed by atoms with Crippen LogP contribution < -0.4 is 5.32 Å². The summed E-state index contributed by atoms with van der Waals surface area (Å²) in [6.07, 6.45) is 5.88. The maximum absolute atomic E-state index is 5.71. The van der Waals surface area contributed by atoms with Crippen LogP contribution in [-0.4, -0.2) is 49.3 Å². The maximum Gasteiger partial charge on any atom is 0.0588 e. The van der Waals surface area contributed by atoms with E-state index in [9.17, 15) is 0 Å². The molecule has 1 N–H and O–H groups in total. The molecule has 3 heteroatoms. The Morgan fingerprint density at radius 3 is 2.83 bits per heavy atom. The molecule has 3 atom stereocenters. The van der Waals surface area contributed by atoms with Gasteiger partial charge in [-0.3, -0.25) is 0 Å². The van der Waals surface area contributed by atoms with Gasteiger partial charge in [-0.05, 0) is 64.5 Å². The Kier molecular flexibility index (Phi) is 3.65. The van der Waals surface area contributed by atoms with Crippen molar-refractivity contribution < 1.29 is 4.74 Å². The first-order valence-electron chi connectivity index (χ1n) is 7.76. The van der Waals surface area contributed by atoms with E-state index in [0.717, 1.165) is 18.4 Å². The molecule has 0 bridgehead atoms. The molecule has 0 aromatic heterocycles. The van der Waals surface area contributed by atoms with Crippen LogP contribution in [0.5, 0.6) is 0 Å². The SMILES string of the molecule is CC1OCCC1CN1CCCNC(C)(C2CC2)C1. The Morgan fingerprint density at radius 1 is 1.33 bits per heavy atom. The molecule has 3 aliphatic rings. The molecule has 1 saturated carbocycles. The summed E-state index contributed by atoms with van der Waals surface area (Å²) >= 11 is 0. The molecule has 2 aliphatic heterocycles. The lowest BCUT2D eigenvalue weighted by Gasteiger charge is -2.35. The second-order valence-corrected chi connectivity index (χ2v) is 6.83. The smallest absolute Gasteiger partial charge is 0.0588 e. The van der Waals surface area contributed by atoms with Gasteiger partial charge in [-0.25, -0.2) is 0 Å². The number of nitrogens with zero attached hydrogens (tertiary/aromatic N) is 1. The molecule has 3 nitrogen and oxygen atoms in total. The zero-order valence-corrected chi connectivity index (χ0v) is 12.0. The van der Waals surface area contributed by atoms with Gasteiger partial charge in [0.25, 0.3) is 0 Å². The number of hydrogen-bond acceptors (Lipinski definition) is 3. The average Bonchev–Trinajstić information content (AvgIpc) is 3.12. The molecule has 1 aliphatic carbocycles. The second-order valence-electron chi connectivity index (χ2n) is 6.83. The molecule has 2 saturated heterocycles. The van der Waals surface area contributed by atoms with E-state index >= 15 is 0 Å². The lowest BCUT2D eigenvalue weighted by Crippen LogP contribution is -2.51. The van der Waals surface area contributed by atoms with Crippen molar-refractivity contribution >= 4 is 0 Å². The van der Waals surface area contributed by atoms with Crippen LogP contribution in [0.25, 0.3) is 0 Å². The second kappa shape index (κ2) is 5.10. The van der Waals surface area contributed by atoms with Crippen LogP contribution >= 0.6 is 0 Å². The van der Waals surface area contributed by atoms with Gasteiger partial charge in [0, 0.05) is 25.2 Å². The summed E-state index contributed by atoms with van der Waals surface area (Å²) in [5.41, 5.74) is 0.374. The van der Waals surface area contributed by atoms with Crippen LogP contribution in [0, 0.1) is 11.8 Å². The Bertz CT molecular complexity index is 292. The molecule has 0 spiro atoms. The van der Waals surface area contributed by atoms with E-state index in [-0.39, 0.29) is 0 Å². The zero-order chi connectivity index (χ0) is 12.6. The van der Waals surface area contributed by atoms with Crippen molar-refractivity contribution in [1.29, 1.82) is 0 Å². The molecule has 0 aromatic rings. The van der Waals surface area contributed by atoms with Crippen LogP contribution in [0.2, 0.25) is 0 Å². The summed E-state index contributed by atoms with van der Waals surface area (Å²) in [6.45, 7) is 10.6. The molecule has 104 valence electrons. The molecule has 18 heavy (non-hydrogen) atoms. The molecule has 3 fully saturated rings. The normalized spacial score (nSPS) is 43.0. The van der Waals surface area contributed by atoms with Crippen molar-refractivity contribution in [2.45, 2.75) is 51.2 Å². The summed E-state index contributed by atoms with van der Waals surface area (Å²) in [5, 5.41) is 3.81. The van der Waals surface area contributed by atoms with Crippen molar-refractivity contribution in [2.75, 3.05) is 32.8 Å². The highest BCUT2D eigenvalue weighted by atomic mass is 16.5. The first kappa shape index (κ1) is 12.9. The van der Waals surface area contributed by atoms with Crippen LogP contribution in [0.3, 0.4) is 0 Å². The fourth-order valence-electron chi connectivity index (χ4n) is 3.77. The van der Waals surface area contributed by atoms with Gasteiger partial charge in [-0.1, -0.05) is 0 Å². The van der Waals surface area contributed by atoms with Gasteiger partial charge in [0.15, 0.2) is 0 Å². The number of hydrogen-bond donors (Lipinski definition) is 1. The average molecular weight is 252 g/mol. The third-order valence-electron chi connectivity index (χ3n) is 5.24. The molecular formula is C15H28N2O. The third-order valence-corrected chi connectivity index (χ3v) is 5.24. The van der Waals surface area contributed by atoms with Gasteiger partial charge in [0.1, 0.15) is 0 Å². The van der Waals surface area contributed by atoms with Gasteiger partial charge < -0.3 is 15.0 Å². The minimum Gasteiger partial charge on any atom is -0.378 e. The highest BCUT2D eigenvalue weighted by Crippen LogP contribution is 2.40. The van der Waals surface area contributed by atoms with Gasteiger partial charge in [-0.15, -0.1) is 0 Å². The fourth-order valence-corrected chi connectivity index (χ4v) is 3.77. The molecule has 3 rings (SSSR count). The quantitative estimate of drug-likeness (QED) is 0.830. The standard InChI is InChI=1S/C15H28N2O/c1-12-13(6-9-18-12)10-17-8-3-7-16-15(2,11-17)14-4-5-14/h12-14,16H,3-11H2,1-2H3. The predicted molar refractivity (Wildman–Crippen MR) is 73.7 cm³/mol. The van der Waals surface area contributed by atoms with Gasteiger partial charge >= 0.3 is 0 Å². The fraction of sp³-hybridized carbons (Fsp3) is 1.00. The topological polar surface area (TPSA) is 24.5 Å². The first-order chi connectivity index (χ1) is 8.67. The highest BCUT2D eigenvalue weighted by molar-refractivity contribution is 5.01. The van der Waals surface area contributed by atoms with E-state index in [1.54, 1.807) is 0 Å². The first-order valence-corrected chi connectivity index (χ1v) is 7.76. The summed E-state index contributed by atoms with van der Waals surface area (Å²) < 4.78 is 5.71. The molecular weight excluding hydrogens is 224 g/mol. The molecule has 0 radical (unpaired) electrons. The van der Waals surface area contributed by atoms with Gasteiger partial charge in [-0.2, -0.15) is 0 Å². The Labute approximate surface area is 111 Å². The summed E-state index contributed by atoms with van der Waals surface area (Å²) in [5.74, 6) is 1.68. The Hall–Kier alpha value is -0.120. The zero-order valence-electron chi connectivity index (χ0n) is 12.0. The molecule has 0 aromatic carbocycles. The predicted octanol–water partition coefficient (Wildman–Crippen LogP) is 1.88. The number of rotatable bonds is 3. The minimum atomic E-state index is 0.374. The summed E-state index contributed by atoms with van der Waals surface area (Å²) in [4.78, 5) is 2.70. The van der Waals surface area contributed by atoms with Crippen molar-refractivity contribution in [2.24, 2.45) is 11.8 Å². The molecule has 0 amide bonds.